The smallest absolute Gasteiger partial charge is 0.323 e. The van der Waals surface area contributed by atoms with Crippen LogP contribution in [-0.4, -0.2) is 31.1 Å². The topological polar surface area (TPSA) is 52.6 Å². The highest BCUT2D eigenvalue weighted by Gasteiger charge is 2.60. The lowest BCUT2D eigenvalue weighted by Crippen LogP contribution is -2.33. The van der Waals surface area contributed by atoms with Crippen molar-refractivity contribution in [1.82, 2.24) is 0 Å². The molecule has 0 aromatic rings. The number of hydrogen-bond donors (Lipinski definition) is 0. The number of carbonyl (C=O) groups excluding carboxylic acids is 2. The molecule has 0 N–H and O–H groups in total. The first-order valence-electron chi connectivity index (χ1n) is 6.65. The third-order valence-corrected chi connectivity index (χ3v) is 4.47. The van der Waals surface area contributed by atoms with Gasteiger partial charge >= 0.3 is 5.97 Å². The van der Waals surface area contributed by atoms with Crippen LogP contribution in [0.3, 0.4) is 0 Å². The van der Waals surface area contributed by atoms with Crippen LogP contribution in [0, 0.1) is 11.3 Å². The average molecular weight is 250 g/mol. The van der Waals surface area contributed by atoms with Gasteiger partial charge in [-0.05, 0) is 12.8 Å². The van der Waals surface area contributed by atoms with Crippen LogP contribution in [0.25, 0.3) is 0 Å². The van der Waals surface area contributed by atoms with Crippen LogP contribution in [0.1, 0.15) is 32.1 Å². The van der Waals surface area contributed by atoms with Crippen molar-refractivity contribution in [3.63, 3.8) is 0 Å². The number of fused-ring (bicyclic) bond motifs is 2. The molecule has 98 valence electrons. The first-order chi connectivity index (χ1) is 8.67. The molecule has 4 heteroatoms. The molecule has 0 heterocycles. The van der Waals surface area contributed by atoms with E-state index in [1.165, 1.54) is 20.0 Å². The molecule has 3 rings (SSSR count). The maximum absolute atomic E-state index is 12.2. The average Bonchev–Trinajstić information content (AvgIpc) is 3.05. The molecule has 0 aromatic heterocycles. The summed E-state index contributed by atoms with van der Waals surface area (Å²) in [5.74, 6) is -0.731. The van der Waals surface area contributed by atoms with Gasteiger partial charge in [0.1, 0.15) is 5.41 Å². The number of ketones is 1. The van der Waals surface area contributed by atoms with Crippen LogP contribution in [-0.2, 0) is 19.1 Å². The number of hydrogen-bond acceptors (Lipinski definition) is 4. The number of carbonyl (C=O) groups is 2. The fourth-order valence-electron chi connectivity index (χ4n) is 3.48. The van der Waals surface area contributed by atoms with E-state index in [1.54, 1.807) is 6.08 Å². The van der Waals surface area contributed by atoms with Crippen molar-refractivity contribution < 1.29 is 19.1 Å². The van der Waals surface area contributed by atoms with E-state index < -0.39 is 11.4 Å². The lowest BCUT2D eigenvalue weighted by Gasteiger charge is -2.24. The van der Waals surface area contributed by atoms with Gasteiger partial charge in [-0.1, -0.05) is 25.0 Å². The van der Waals surface area contributed by atoms with Crippen molar-refractivity contribution >= 4 is 11.8 Å². The predicted octanol–water partition coefficient (Wildman–Crippen LogP) is 1.63. The van der Waals surface area contributed by atoms with E-state index in [4.69, 9.17) is 9.47 Å². The summed E-state index contributed by atoms with van der Waals surface area (Å²) in [5, 5.41) is 0. The van der Waals surface area contributed by atoms with Crippen LogP contribution in [0.5, 0.6) is 0 Å². The molecule has 0 aliphatic heterocycles. The molecule has 0 amide bonds. The second kappa shape index (κ2) is 4.19. The fraction of sp³-hybridized carbons (Fsp3) is 0.714. The molecule has 3 aliphatic rings. The molecule has 2 bridgehead atoms. The predicted molar refractivity (Wildman–Crippen MR) is 63.8 cm³/mol. The van der Waals surface area contributed by atoms with Gasteiger partial charge in [0, 0.05) is 6.42 Å². The summed E-state index contributed by atoms with van der Waals surface area (Å²) in [7, 11) is 1.33. The Balaban J connectivity index is 1.76. The van der Waals surface area contributed by atoms with Crippen molar-refractivity contribution in [2.75, 3.05) is 7.11 Å². The van der Waals surface area contributed by atoms with Crippen LogP contribution >= 0.6 is 0 Å². The van der Waals surface area contributed by atoms with E-state index in [0.717, 1.165) is 12.8 Å². The molecule has 3 atom stereocenters. The molecule has 3 unspecified atom stereocenters. The Morgan fingerprint density at radius 1 is 1.39 bits per heavy atom. The van der Waals surface area contributed by atoms with Gasteiger partial charge in [0.25, 0.3) is 0 Å². The fourth-order valence-corrected chi connectivity index (χ4v) is 3.48. The maximum Gasteiger partial charge on any atom is 0.323 e. The van der Waals surface area contributed by atoms with E-state index in [-0.39, 0.29) is 23.9 Å². The molecule has 3 aliphatic carbocycles. The Morgan fingerprint density at radius 2 is 2.11 bits per heavy atom. The van der Waals surface area contributed by atoms with Crippen LogP contribution < -0.4 is 0 Å². The van der Waals surface area contributed by atoms with Gasteiger partial charge in [-0.3, -0.25) is 9.59 Å². The number of Topliss-reactive ketones (excluding diaryl/α,β-unsaturated/α-hetero) is 1. The Bertz CT molecular complexity index is 408. The van der Waals surface area contributed by atoms with E-state index in [0.29, 0.717) is 6.42 Å². The van der Waals surface area contributed by atoms with Crippen molar-refractivity contribution in [3.8, 4) is 0 Å². The van der Waals surface area contributed by atoms with Crippen molar-refractivity contribution in [1.29, 1.82) is 0 Å². The quantitative estimate of drug-likeness (QED) is 0.434. The van der Waals surface area contributed by atoms with E-state index in [9.17, 15) is 9.59 Å². The first kappa shape index (κ1) is 11.9. The first-order valence-corrected chi connectivity index (χ1v) is 6.65. The minimum Gasteiger partial charge on any atom is -0.468 e. The zero-order valence-electron chi connectivity index (χ0n) is 10.6. The van der Waals surface area contributed by atoms with Gasteiger partial charge in [0.15, 0.2) is 5.78 Å². The Kier molecular flexibility index (Phi) is 2.77. The highest BCUT2D eigenvalue weighted by Crippen LogP contribution is 2.49. The summed E-state index contributed by atoms with van der Waals surface area (Å²) < 4.78 is 10.8. The molecule has 2 saturated carbocycles. The maximum atomic E-state index is 12.2. The lowest BCUT2D eigenvalue weighted by molar-refractivity contribution is -0.153. The second-order valence-corrected chi connectivity index (χ2v) is 5.50. The van der Waals surface area contributed by atoms with Crippen LogP contribution in [0.4, 0.5) is 0 Å². The monoisotopic (exact) mass is 250 g/mol. The highest BCUT2D eigenvalue weighted by atomic mass is 16.5. The molecule has 18 heavy (non-hydrogen) atoms. The van der Waals surface area contributed by atoms with Gasteiger partial charge in [-0.2, -0.15) is 0 Å². The van der Waals surface area contributed by atoms with Gasteiger partial charge in [0.05, 0.1) is 25.2 Å². The van der Waals surface area contributed by atoms with Gasteiger partial charge < -0.3 is 9.47 Å². The zero-order chi connectivity index (χ0) is 12.8. The number of methoxy groups -OCH3 is 1. The zero-order valence-corrected chi connectivity index (χ0v) is 10.6. The molecule has 0 aromatic carbocycles. The van der Waals surface area contributed by atoms with Gasteiger partial charge in [-0.15, -0.1) is 0 Å². The summed E-state index contributed by atoms with van der Waals surface area (Å²) in [4.78, 5) is 24.1. The normalized spacial score (nSPS) is 38.6. The number of ether oxygens (including phenoxy) is 2. The molecule has 0 saturated heterocycles. The van der Waals surface area contributed by atoms with Gasteiger partial charge in [0.2, 0.25) is 0 Å². The third-order valence-electron chi connectivity index (χ3n) is 4.47. The largest absolute Gasteiger partial charge is 0.468 e. The molecule has 0 radical (unpaired) electrons. The molecule has 0 spiro atoms. The Hall–Kier alpha value is -1.16. The summed E-state index contributed by atoms with van der Waals surface area (Å²) in [6, 6.07) is 0. The molecular weight excluding hydrogens is 232 g/mol. The molecule has 4 nitrogen and oxygen atoms in total. The van der Waals surface area contributed by atoms with Crippen molar-refractivity contribution in [3.05, 3.63) is 12.2 Å². The Labute approximate surface area is 106 Å². The van der Waals surface area contributed by atoms with E-state index in [2.05, 4.69) is 0 Å². The van der Waals surface area contributed by atoms with Gasteiger partial charge in [-0.25, -0.2) is 0 Å². The van der Waals surface area contributed by atoms with Crippen molar-refractivity contribution in [2.24, 2.45) is 11.3 Å². The summed E-state index contributed by atoms with van der Waals surface area (Å²) in [6.07, 6.45) is 8.68. The third kappa shape index (κ3) is 1.55. The Morgan fingerprint density at radius 3 is 2.78 bits per heavy atom. The second-order valence-electron chi connectivity index (χ2n) is 5.50. The lowest BCUT2D eigenvalue weighted by atomic mass is 9.87. The summed E-state index contributed by atoms with van der Waals surface area (Å²) >= 11 is 0. The summed E-state index contributed by atoms with van der Waals surface area (Å²) in [6.45, 7) is 0. The van der Waals surface area contributed by atoms with E-state index >= 15 is 0 Å². The van der Waals surface area contributed by atoms with E-state index in [1.807, 2.05) is 6.08 Å². The standard InChI is InChI=1S/C14H18O4/c1-17-13(16)14-7-6-10(12(14)15)11(8-14)18-9-4-2-3-5-9/h6-7,9-11H,2-5,8H2,1H3. The van der Waals surface area contributed by atoms with Crippen LogP contribution in [0.2, 0.25) is 0 Å². The van der Waals surface area contributed by atoms with Crippen LogP contribution in [0.15, 0.2) is 12.2 Å². The number of rotatable bonds is 3. The van der Waals surface area contributed by atoms with Crippen molar-refractivity contribution in [2.45, 2.75) is 44.3 Å². The molecule has 2 fully saturated rings. The minimum atomic E-state index is -1.05. The highest BCUT2D eigenvalue weighted by molar-refractivity contribution is 6.11. The minimum absolute atomic E-state index is 0.0441. The SMILES string of the molecule is COC(=O)C12C=CC(C1=O)C(OC1CCCC1)C2. The summed E-state index contributed by atoms with van der Waals surface area (Å²) in [5.41, 5.74) is -1.05. The molecular formula is C14H18O4. The number of esters is 1.